The van der Waals surface area contributed by atoms with E-state index in [1.54, 1.807) is 0 Å². The maximum Gasteiger partial charge on any atom is 0.269 e. The topological polar surface area (TPSA) is 89.3 Å². The molecular weight excluding hydrogens is 336 g/mol. The number of benzene rings is 1. The SMILES string of the molecule is CC(C)[C@@H](NS(=O)(=O)Cc1ccc([N+](=O)[O-])cc1)c1cccs1. The molecule has 0 aliphatic rings. The summed E-state index contributed by atoms with van der Waals surface area (Å²) in [6, 6.07) is 9.07. The van der Waals surface area contributed by atoms with Crippen molar-refractivity contribution >= 4 is 27.0 Å². The Bertz CT molecular complexity index is 753. The molecule has 8 heteroatoms. The Kier molecular flexibility index (Phi) is 5.51. The van der Waals surface area contributed by atoms with Crippen molar-refractivity contribution < 1.29 is 13.3 Å². The van der Waals surface area contributed by atoms with E-state index in [4.69, 9.17) is 0 Å². The molecule has 0 saturated carbocycles. The highest BCUT2D eigenvalue weighted by atomic mass is 32.2. The Morgan fingerprint density at radius 2 is 1.87 bits per heavy atom. The summed E-state index contributed by atoms with van der Waals surface area (Å²) in [6.07, 6.45) is 0. The van der Waals surface area contributed by atoms with Crippen molar-refractivity contribution in [3.8, 4) is 0 Å². The molecule has 0 saturated heterocycles. The van der Waals surface area contributed by atoms with Crippen LogP contribution in [-0.4, -0.2) is 13.3 Å². The van der Waals surface area contributed by atoms with Gasteiger partial charge in [-0.3, -0.25) is 10.1 Å². The van der Waals surface area contributed by atoms with Gasteiger partial charge in [0.15, 0.2) is 0 Å². The molecule has 1 aromatic carbocycles. The number of sulfonamides is 1. The van der Waals surface area contributed by atoms with Crippen LogP contribution in [-0.2, 0) is 15.8 Å². The maximum atomic E-state index is 12.4. The van der Waals surface area contributed by atoms with Gasteiger partial charge in [0.2, 0.25) is 10.0 Å². The molecule has 1 aromatic heterocycles. The molecule has 0 bridgehead atoms. The third-order valence-corrected chi connectivity index (χ3v) is 5.61. The van der Waals surface area contributed by atoms with Gasteiger partial charge in [-0.15, -0.1) is 11.3 Å². The van der Waals surface area contributed by atoms with Crippen LogP contribution in [0.2, 0.25) is 0 Å². The van der Waals surface area contributed by atoms with Gasteiger partial charge in [-0.1, -0.05) is 32.0 Å². The highest BCUT2D eigenvalue weighted by molar-refractivity contribution is 7.88. The number of hydrogen-bond acceptors (Lipinski definition) is 5. The summed E-state index contributed by atoms with van der Waals surface area (Å²) in [5, 5.41) is 12.5. The summed E-state index contributed by atoms with van der Waals surface area (Å²) in [6.45, 7) is 3.91. The first kappa shape index (κ1) is 17.6. The molecule has 23 heavy (non-hydrogen) atoms. The van der Waals surface area contributed by atoms with Crippen molar-refractivity contribution in [3.05, 3.63) is 62.3 Å². The molecule has 0 amide bonds. The van der Waals surface area contributed by atoms with E-state index in [0.717, 1.165) is 4.88 Å². The largest absolute Gasteiger partial charge is 0.269 e. The minimum atomic E-state index is -3.55. The molecule has 124 valence electrons. The fraction of sp³-hybridized carbons (Fsp3) is 0.333. The minimum Gasteiger partial charge on any atom is -0.258 e. The van der Waals surface area contributed by atoms with Gasteiger partial charge in [-0.05, 0) is 22.9 Å². The molecule has 0 radical (unpaired) electrons. The van der Waals surface area contributed by atoms with Crippen LogP contribution in [0.5, 0.6) is 0 Å². The molecular formula is C15H18N2O4S2. The summed E-state index contributed by atoms with van der Waals surface area (Å²) >= 11 is 1.51. The van der Waals surface area contributed by atoms with E-state index in [9.17, 15) is 18.5 Å². The van der Waals surface area contributed by atoms with Gasteiger partial charge in [-0.2, -0.15) is 0 Å². The highest BCUT2D eigenvalue weighted by Gasteiger charge is 2.23. The number of hydrogen-bond donors (Lipinski definition) is 1. The second-order valence-electron chi connectivity index (χ2n) is 5.54. The number of thiophene rings is 1. The summed E-state index contributed by atoms with van der Waals surface area (Å²) in [4.78, 5) is 11.1. The van der Waals surface area contributed by atoms with E-state index in [-0.39, 0.29) is 23.4 Å². The molecule has 1 heterocycles. The Hall–Kier alpha value is -1.77. The first-order valence-corrected chi connectivity index (χ1v) is 9.58. The third kappa shape index (κ3) is 4.85. The van der Waals surface area contributed by atoms with Crippen molar-refractivity contribution in [1.29, 1.82) is 0 Å². The number of rotatable bonds is 7. The molecule has 0 aliphatic heterocycles. The lowest BCUT2D eigenvalue weighted by atomic mass is 10.0. The van der Waals surface area contributed by atoms with E-state index < -0.39 is 14.9 Å². The highest BCUT2D eigenvalue weighted by Crippen LogP contribution is 2.27. The van der Waals surface area contributed by atoms with Crippen molar-refractivity contribution in [2.24, 2.45) is 5.92 Å². The summed E-state index contributed by atoms with van der Waals surface area (Å²) in [7, 11) is -3.55. The predicted molar refractivity (Wildman–Crippen MR) is 90.8 cm³/mol. The Balaban J connectivity index is 2.13. The van der Waals surface area contributed by atoms with Crippen LogP contribution in [0.3, 0.4) is 0 Å². The van der Waals surface area contributed by atoms with E-state index in [0.29, 0.717) is 5.56 Å². The molecule has 0 fully saturated rings. The van der Waals surface area contributed by atoms with Gasteiger partial charge in [-0.25, -0.2) is 13.1 Å². The number of nitro groups is 1. The van der Waals surface area contributed by atoms with Crippen molar-refractivity contribution in [2.45, 2.75) is 25.6 Å². The van der Waals surface area contributed by atoms with Gasteiger partial charge in [0.1, 0.15) is 0 Å². The molecule has 1 N–H and O–H groups in total. The number of nitro benzene ring substituents is 1. The molecule has 2 rings (SSSR count). The zero-order valence-electron chi connectivity index (χ0n) is 12.8. The van der Waals surface area contributed by atoms with Gasteiger partial charge in [0.25, 0.3) is 5.69 Å². The molecule has 0 spiro atoms. The van der Waals surface area contributed by atoms with E-state index in [2.05, 4.69) is 4.72 Å². The van der Waals surface area contributed by atoms with Gasteiger partial charge >= 0.3 is 0 Å². The fourth-order valence-electron chi connectivity index (χ4n) is 2.16. The van der Waals surface area contributed by atoms with Crippen molar-refractivity contribution in [3.63, 3.8) is 0 Å². The lowest BCUT2D eigenvalue weighted by molar-refractivity contribution is -0.384. The van der Waals surface area contributed by atoms with E-state index in [1.165, 1.54) is 35.6 Å². The Morgan fingerprint density at radius 1 is 1.22 bits per heavy atom. The first-order valence-electron chi connectivity index (χ1n) is 7.05. The Labute approximate surface area is 139 Å². The van der Waals surface area contributed by atoms with Crippen molar-refractivity contribution in [1.82, 2.24) is 4.72 Å². The second kappa shape index (κ2) is 7.20. The van der Waals surface area contributed by atoms with Gasteiger partial charge in [0, 0.05) is 17.0 Å². The van der Waals surface area contributed by atoms with Crippen molar-refractivity contribution in [2.75, 3.05) is 0 Å². The Morgan fingerprint density at radius 3 is 2.35 bits per heavy atom. The standard InChI is InChI=1S/C15H18N2O4S2/c1-11(2)15(14-4-3-9-22-14)16-23(20,21)10-12-5-7-13(8-6-12)17(18)19/h3-9,11,15-16H,10H2,1-2H3/t15-/m1/s1. The normalized spacial score (nSPS) is 13.2. The first-order chi connectivity index (χ1) is 10.8. The lowest BCUT2D eigenvalue weighted by Gasteiger charge is -2.21. The summed E-state index contributed by atoms with van der Waals surface area (Å²) in [5.41, 5.74) is 0.453. The number of non-ortho nitro benzene ring substituents is 1. The summed E-state index contributed by atoms with van der Waals surface area (Å²) < 4.78 is 27.5. The number of nitrogens with one attached hydrogen (secondary N) is 1. The number of nitrogens with zero attached hydrogens (tertiary/aromatic N) is 1. The van der Waals surface area contributed by atoms with Crippen LogP contribution in [0, 0.1) is 16.0 Å². The van der Waals surface area contributed by atoms with Crippen LogP contribution >= 0.6 is 11.3 Å². The van der Waals surface area contributed by atoms with Crippen LogP contribution in [0.4, 0.5) is 5.69 Å². The molecule has 0 unspecified atom stereocenters. The fourth-order valence-corrected chi connectivity index (χ4v) is 4.68. The van der Waals surface area contributed by atoms with E-state index in [1.807, 2.05) is 31.4 Å². The molecule has 6 nitrogen and oxygen atoms in total. The van der Waals surface area contributed by atoms with Crippen LogP contribution in [0.25, 0.3) is 0 Å². The minimum absolute atomic E-state index is 0.0576. The van der Waals surface area contributed by atoms with Crippen LogP contribution in [0.15, 0.2) is 41.8 Å². The maximum absolute atomic E-state index is 12.4. The average Bonchev–Trinajstić information content (AvgIpc) is 2.98. The van der Waals surface area contributed by atoms with Crippen LogP contribution in [0.1, 0.15) is 30.3 Å². The zero-order valence-corrected chi connectivity index (χ0v) is 14.4. The third-order valence-electron chi connectivity index (χ3n) is 3.33. The second-order valence-corrected chi connectivity index (χ2v) is 8.27. The van der Waals surface area contributed by atoms with E-state index >= 15 is 0 Å². The molecule has 0 aliphatic carbocycles. The predicted octanol–water partition coefficient (Wildman–Crippen LogP) is 3.47. The monoisotopic (exact) mass is 354 g/mol. The average molecular weight is 354 g/mol. The molecule has 1 atom stereocenters. The summed E-state index contributed by atoms with van der Waals surface area (Å²) in [5.74, 6) is -0.0974. The molecule has 2 aromatic rings. The lowest BCUT2D eigenvalue weighted by Crippen LogP contribution is -2.32. The zero-order chi connectivity index (χ0) is 17.0. The van der Waals surface area contributed by atoms with Gasteiger partial charge in [0.05, 0.1) is 16.7 Å². The smallest absolute Gasteiger partial charge is 0.258 e. The quantitative estimate of drug-likeness (QED) is 0.609. The van der Waals surface area contributed by atoms with Gasteiger partial charge < -0.3 is 0 Å². The van der Waals surface area contributed by atoms with Crippen LogP contribution < -0.4 is 4.72 Å².